The van der Waals surface area contributed by atoms with Crippen molar-refractivity contribution in [3.63, 3.8) is 0 Å². The molecule has 0 saturated heterocycles. The van der Waals surface area contributed by atoms with Crippen LogP contribution in [-0.4, -0.2) is 17.9 Å². The predicted molar refractivity (Wildman–Crippen MR) is 94.8 cm³/mol. The van der Waals surface area contributed by atoms with Gasteiger partial charge < -0.3 is 14.6 Å². The van der Waals surface area contributed by atoms with Gasteiger partial charge >= 0.3 is 5.97 Å². The van der Waals surface area contributed by atoms with E-state index in [2.05, 4.69) is 24.3 Å². The van der Waals surface area contributed by atoms with Gasteiger partial charge in [0.2, 0.25) is 6.79 Å². The number of carboxylic acid groups (broad SMARTS) is 1. The monoisotopic (exact) mass is 350 g/mol. The van der Waals surface area contributed by atoms with Crippen molar-refractivity contribution in [2.24, 2.45) is 41.4 Å². The molecule has 7 atom stereocenters. The molecule has 0 radical (unpaired) electrons. The molecular weight excluding hydrogens is 328 g/mol. The van der Waals surface area contributed by atoms with Crippen molar-refractivity contribution in [3.05, 3.63) is 47.6 Å². The van der Waals surface area contributed by atoms with Crippen LogP contribution < -0.4 is 9.47 Å². The van der Waals surface area contributed by atoms with Crippen LogP contribution in [0.15, 0.2) is 42.0 Å². The average Bonchev–Trinajstić information content (AvgIpc) is 3.23. The van der Waals surface area contributed by atoms with E-state index in [4.69, 9.17) is 9.47 Å². The van der Waals surface area contributed by atoms with Crippen molar-refractivity contribution >= 4 is 5.97 Å². The van der Waals surface area contributed by atoms with Crippen LogP contribution in [0.3, 0.4) is 0 Å². The van der Waals surface area contributed by atoms with Gasteiger partial charge in [-0.2, -0.15) is 0 Å². The molecule has 6 rings (SSSR count). The first kappa shape index (κ1) is 14.9. The topological polar surface area (TPSA) is 55.8 Å². The number of carbonyl (C=O) groups is 1. The first-order valence-corrected chi connectivity index (χ1v) is 9.71. The molecule has 0 unspecified atom stereocenters. The summed E-state index contributed by atoms with van der Waals surface area (Å²) in [5, 5.41) is 9.55. The summed E-state index contributed by atoms with van der Waals surface area (Å²) < 4.78 is 11.0. The molecule has 26 heavy (non-hydrogen) atoms. The Hall–Kier alpha value is -2.23. The number of benzene rings is 1. The molecule has 0 aromatic heterocycles. The first-order valence-electron chi connectivity index (χ1n) is 9.71. The Morgan fingerprint density at radius 2 is 2.04 bits per heavy atom. The fraction of sp³-hybridized carbons (Fsp3) is 0.500. The van der Waals surface area contributed by atoms with Gasteiger partial charge in [0.15, 0.2) is 11.5 Å². The Morgan fingerprint density at radius 3 is 2.92 bits per heavy atom. The molecule has 5 aliphatic rings. The molecule has 0 spiro atoms. The van der Waals surface area contributed by atoms with Gasteiger partial charge in [0.25, 0.3) is 0 Å². The molecule has 1 aromatic carbocycles. The minimum atomic E-state index is -0.726. The number of aliphatic carboxylic acids is 1. The van der Waals surface area contributed by atoms with Crippen LogP contribution in [0.5, 0.6) is 11.5 Å². The fourth-order valence-corrected chi connectivity index (χ4v) is 6.71. The number of ether oxygens (including phenoxy) is 2. The third-order valence-corrected chi connectivity index (χ3v) is 7.66. The van der Waals surface area contributed by atoms with Crippen LogP contribution in [-0.2, 0) is 11.2 Å². The molecule has 4 heteroatoms. The van der Waals surface area contributed by atoms with Gasteiger partial charge in [0, 0.05) is 11.5 Å². The SMILES string of the molecule is O=C(O)C1=CC[C@@H]2C[C@H]3[C@H](Cc4ccc5c(c4)OCO5)[C@H]4C=C[C@@H]1[C@@H]2[C@H]43. The number of hydrogen-bond donors (Lipinski definition) is 1. The second-order valence-electron chi connectivity index (χ2n) is 8.56. The van der Waals surface area contributed by atoms with Gasteiger partial charge in [-0.3, -0.25) is 0 Å². The summed E-state index contributed by atoms with van der Waals surface area (Å²) in [4.78, 5) is 11.6. The van der Waals surface area contributed by atoms with E-state index < -0.39 is 5.97 Å². The summed E-state index contributed by atoms with van der Waals surface area (Å²) in [6.07, 6.45) is 9.85. The average molecular weight is 350 g/mol. The Morgan fingerprint density at radius 1 is 1.15 bits per heavy atom. The summed E-state index contributed by atoms with van der Waals surface area (Å²) in [5.41, 5.74) is 1.97. The van der Waals surface area contributed by atoms with Crippen molar-refractivity contribution in [1.29, 1.82) is 0 Å². The third kappa shape index (κ3) is 1.88. The molecular formula is C22H22O4. The third-order valence-electron chi connectivity index (χ3n) is 7.66. The van der Waals surface area contributed by atoms with Crippen molar-refractivity contribution in [3.8, 4) is 11.5 Å². The van der Waals surface area contributed by atoms with Crippen molar-refractivity contribution in [2.75, 3.05) is 6.79 Å². The maximum absolute atomic E-state index is 11.6. The summed E-state index contributed by atoms with van der Waals surface area (Å²) in [5.74, 6) is 5.09. The van der Waals surface area contributed by atoms with E-state index in [1.807, 2.05) is 12.1 Å². The molecule has 0 bridgehead atoms. The maximum atomic E-state index is 11.6. The van der Waals surface area contributed by atoms with Crippen molar-refractivity contribution < 1.29 is 19.4 Å². The molecule has 1 N–H and O–H groups in total. The Balaban J connectivity index is 1.28. The lowest BCUT2D eigenvalue weighted by Gasteiger charge is -2.54. The molecule has 4 aliphatic carbocycles. The number of hydrogen-bond acceptors (Lipinski definition) is 3. The van der Waals surface area contributed by atoms with Gasteiger partial charge in [-0.25, -0.2) is 4.79 Å². The molecule has 0 amide bonds. The van der Waals surface area contributed by atoms with E-state index in [-0.39, 0.29) is 5.92 Å². The quantitative estimate of drug-likeness (QED) is 0.845. The lowest BCUT2D eigenvalue weighted by atomic mass is 9.50. The maximum Gasteiger partial charge on any atom is 0.331 e. The van der Waals surface area contributed by atoms with Gasteiger partial charge in [-0.05, 0) is 72.5 Å². The van der Waals surface area contributed by atoms with Crippen LogP contribution in [0.2, 0.25) is 0 Å². The van der Waals surface area contributed by atoms with Gasteiger partial charge in [-0.1, -0.05) is 24.3 Å². The molecule has 2 fully saturated rings. The van der Waals surface area contributed by atoms with E-state index in [1.54, 1.807) is 0 Å². The smallest absolute Gasteiger partial charge is 0.331 e. The highest BCUT2D eigenvalue weighted by molar-refractivity contribution is 5.88. The first-order chi connectivity index (χ1) is 12.7. The lowest BCUT2D eigenvalue weighted by Crippen LogP contribution is -2.50. The van der Waals surface area contributed by atoms with E-state index in [0.29, 0.717) is 42.0 Å². The van der Waals surface area contributed by atoms with Crippen LogP contribution in [0, 0.1) is 41.4 Å². The molecule has 1 aliphatic heterocycles. The summed E-state index contributed by atoms with van der Waals surface area (Å²) in [6, 6.07) is 6.33. The Bertz CT molecular complexity index is 854. The standard InChI is InChI=1S/C22H22O4/c23-22(24)15-3-2-12-9-17-16(14-5-4-13(15)20(12)21(14)17)7-11-1-6-18-19(8-11)26-10-25-18/h1,3-6,8,12-14,16-17,20-21H,2,7,9-10H2,(H,23,24)/t12-,13+,14-,16-,17+,20-,21-/m1/s1. The predicted octanol–water partition coefficient (Wildman–Crippen LogP) is 3.67. The molecule has 1 heterocycles. The molecule has 4 nitrogen and oxygen atoms in total. The second kappa shape index (κ2) is 5.15. The summed E-state index contributed by atoms with van der Waals surface area (Å²) in [7, 11) is 0. The van der Waals surface area contributed by atoms with Gasteiger partial charge in [0.05, 0.1) is 0 Å². The van der Waals surface area contributed by atoms with E-state index in [1.165, 1.54) is 12.0 Å². The minimum absolute atomic E-state index is 0.143. The minimum Gasteiger partial charge on any atom is -0.478 e. The largest absolute Gasteiger partial charge is 0.478 e. The number of carboxylic acids is 1. The second-order valence-corrected chi connectivity index (χ2v) is 8.56. The molecule has 2 saturated carbocycles. The number of fused-ring (bicyclic) bond motifs is 1. The van der Waals surface area contributed by atoms with Crippen molar-refractivity contribution in [1.82, 2.24) is 0 Å². The van der Waals surface area contributed by atoms with Crippen molar-refractivity contribution in [2.45, 2.75) is 19.3 Å². The zero-order chi connectivity index (χ0) is 17.4. The number of rotatable bonds is 3. The summed E-state index contributed by atoms with van der Waals surface area (Å²) >= 11 is 0. The molecule has 134 valence electrons. The highest BCUT2D eigenvalue weighted by Crippen LogP contribution is 2.67. The summed E-state index contributed by atoms with van der Waals surface area (Å²) in [6.45, 7) is 0.321. The van der Waals surface area contributed by atoms with E-state index >= 15 is 0 Å². The lowest BCUT2D eigenvalue weighted by molar-refractivity contribution is -0.133. The normalized spacial score (nSPS) is 40.6. The van der Waals surface area contributed by atoms with E-state index in [0.717, 1.165) is 30.3 Å². The highest BCUT2D eigenvalue weighted by atomic mass is 16.7. The van der Waals surface area contributed by atoms with Gasteiger partial charge in [-0.15, -0.1) is 0 Å². The zero-order valence-electron chi connectivity index (χ0n) is 14.5. The Kier molecular flexibility index (Phi) is 2.95. The fourth-order valence-electron chi connectivity index (χ4n) is 6.71. The van der Waals surface area contributed by atoms with Crippen LogP contribution in [0.4, 0.5) is 0 Å². The van der Waals surface area contributed by atoms with Crippen LogP contribution >= 0.6 is 0 Å². The van der Waals surface area contributed by atoms with Crippen LogP contribution in [0.25, 0.3) is 0 Å². The Labute approximate surface area is 152 Å². The number of allylic oxidation sites excluding steroid dienone is 3. The van der Waals surface area contributed by atoms with Gasteiger partial charge in [0.1, 0.15) is 0 Å². The van der Waals surface area contributed by atoms with Crippen LogP contribution in [0.1, 0.15) is 18.4 Å². The van der Waals surface area contributed by atoms with E-state index in [9.17, 15) is 9.90 Å². The zero-order valence-corrected chi connectivity index (χ0v) is 14.5. The molecule has 1 aromatic rings. The highest BCUT2D eigenvalue weighted by Gasteiger charge is 2.62.